The SMILES string of the molecule is CCCOc1ccc([C@](C)(CC(=O)O)C(=O)O)cc1. The molecule has 1 aromatic carbocycles. The first-order chi connectivity index (χ1) is 8.90. The molecule has 19 heavy (non-hydrogen) atoms. The molecule has 104 valence electrons. The fraction of sp³-hybridized carbons (Fsp3) is 0.429. The van der Waals surface area contributed by atoms with E-state index in [1.54, 1.807) is 24.3 Å². The zero-order valence-electron chi connectivity index (χ0n) is 11.0. The van der Waals surface area contributed by atoms with Gasteiger partial charge in [-0.2, -0.15) is 0 Å². The van der Waals surface area contributed by atoms with Crippen LogP contribution in [-0.2, 0) is 15.0 Å². The Bertz CT molecular complexity index is 451. The summed E-state index contributed by atoms with van der Waals surface area (Å²) in [6.45, 7) is 3.98. The lowest BCUT2D eigenvalue weighted by Gasteiger charge is -2.23. The molecule has 1 aromatic rings. The van der Waals surface area contributed by atoms with Crippen molar-refractivity contribution in [2.45, 2.75) is 32.1 Å². The standard InChI is InChI=1S/C14H18O5/c1-3-8-19-11-6-4-10(5-7-11)14(2,13(17)18)9-12(15)16/h4-7H,3,8-9H2,1-2H3,(H,15,16)(H,17,18)/t14-/m0/s1. The van der Waals surface area contributed by atoms with Crippen LogP contribution in [0.3, 0.4) is 0 Å². The number of hydrogen-bond donors (Lipinski definition) is 2. The van der Waals surface area contributed by atoms with Crippen molar-refractivity contribution < 1.29 is 24.5 Å². The molecule has 5 heteroatoms. The molecule has 0 heterocycles. The lowest BCUT2D eigenvalue weighted by molar-refractivity contribution is -0.149. The van der Waals surface area contributed by atoms with Crippen LogP contribution >= 0.6 is 0 Å². The average Bonchev–Trinajstić information content (AvgIpc) is 2.35. The van der Waals surface area contributed by atoms with Crippen LogP contribution in [0.5, 0.6) is 5.75 Å². The molecule has 0 fully saturated rings. The molecule has 0 amide bonds. The number of benzene rings is 1. The summed E-state index contributed by atoms with van der Waals surface area (Å²) in [4.78, 5) is 22.1. The highest BCUT2D eigenvalue weighted by Crippen LogP contribution is 2.29. The predicted molar refractivity (Wildman–Crippen MR) is 69.5 cm³/mol. The molecular weight excluding hydrogens is 248 g/mol. The van der Waals surface area contributed by atoms with Gasteiger partial charge in [-0.05, 0) is 31.0 Å². The van der Waals surface area contributed by atoms with Gasteiger partial charge in [0.2, 0.25) is 0 Å². The Morgan fingerprint density at radius 3 is 2.21 bits per heavy atom. The topological polar surface area (TPSA) is 83.8 Å². The molecule has 0 saturated heterocycles. The van der Waals surface area contributed by atoms with Gasteiger partial charge >= 0.3 is 11.9 Å². The number of aliphatic carboxylic acids is 2. The quantitative estimate of drug-likeness (QED) is 0.791. The summed E-state index contributed by atoms with van der Waals surface area (Å²) in [7, 11) is 0. The van der Waals surface area contributed by atoms with Gasteiger partial charge in [-0.3, -0.25) is 9.59 Å². The first-order valence-electron chi connectivity index (χ1n) is 6.08. The summed E-state index contributed by atoms with van der Waals surface area (Å²) in [5, 5.41) is 18.1. The van der Waals surface area contributed by atoms with E-state index in [0.29, 0.717) is 17.9 Å². The average molecular weight is 266 g/mol. The van der Waals surface area contributed by atoms with Crippen molar-refractivity contribution in [3.8, 4) is 5.75 Å². The van der Waals surface area contributed by atoms with E-state index in [1.165, 1.54) is 6.92 Å². The normalized spacial score (nSPS) is 13.6. The Kier molecular flexibility index (Phi) is 4.92. The maximum absolute atomic E-state index is 11.3. The minimum atomic E-state index is -1.44. The third kappa shape index (κ3) is 3.71. The highest BCUT2D eigenvalue weighted by atomic mass is 16.5. The van der Waals surface area contributed by atoms with Crippen molar-refractivity contribution >= 4 is 11.9 Å². The fourth-order valence-electron chi connectivity index (χ4n) is 1.74. The summed E-state index contributed by atoms with van der Waals surface area (Å²) >= 11 is 0. The second-order valence-electron chi connectivity index (χ2n) is 4.58. The molecule has 0 bridgehead atoms. The molecule has 1 rings (SSSR count). The summed E-state index contributed by atoms with van der Waals surface area (Å²) < 4.78 is 5.40. The molecule has 0 aromatic heterocycles. The van der Waals surface area contributed by atoms with Gasteiger partial charge in [0.1, 0.15) is 11.2 Å². The van der Waals surface area contributed by atoms with E-state index < -0.39 is 23.8 Å². The smallest absolute Gasteiger partial charge is 0.314 e. The molecule has 0 aliphatic rings. The largest absolute Gasteiger partial charge is 0.494 e. The summed E-state index contributed by atoms with van der Waals surface area (Å²) in [6, 6.07) is 6.52. The first-order valence-corrected chi connectivity index (χ1v) is 6.08. The maximum atomic E-state index is 11.3. The van der Waals surface area contributed by atoms with E-state index in [0.717, 1.165) is 6.42 Å². The number of carbonyl (C=O) groups is 2. The molecule has 2 N–H and O–H groups in total. The molecule has 0 unspecified atom stereocenters. The molecule has 0 spiro atoms. The lowest BCUT2D eigenvalue weighted by Crippen LogP contribution is -2.34. The Morgan fingerprint density at radius 2 is 1.79 bits per heavy atom. The second kappa shape index (κ2) is 6.22. The molecular formula is C14H18O5. The van der Waals surface area contributed by atoms with Crippen LogP contribution in [0.25, 0.3) is 0 Å². The van der Waals surface area contributed by atoms with E-state index in [4.69, 9.17) is 9.84 Å². The van der Waals surface area contributed by atoms with Crippen LogP contribution in [0.1, 0.15) is 32.3 Å². The van der Waals surface area contributed by atoms with Gasteiger partial charge in [-0.1, -0.05) is 19.1 Å². The van der Waals surface area contributed by atoms with Crippen LogP contribution in [0.15, 0.2) is 24.3 Å². The van der Waals surface area contributed by atoms with Gasteiger partial charge < -0.3 is 14.9 Å². The number of ether oxygens (including phenoxy) is 1. The number of rotatable bonds is 7. The Morgan fingerprint density at radius 1 is 1.21 bits per heavy atom. The molecule has 0 aliphatic carbocycles. The van der Waals surface area contributed by atoms with E-state index in [-0.39, 0.29) is 0 Å². The Balaban J connectivity index is 2.98. The molecule has 0 aliphatic heterocycles. The van der Waals surface area contributed by atoms with E-state index in [2.05, 4.69) is 0 Å². The highest BCUT2D eigenvalue weighted by Gasteiger charge is 2.37. The molecule has 5 nitrogen and oxygen atoms in total. The molecule has 0 radical (unpaired) electrons. The predicted octanol–water partition coefficient (Wildman–Crippen LogP) is 2.29. The zero-order valence-corrected chi connectivity index (χ0v) is 11.0. The van der Waals surface area contributed by atoms with Crippen molar-refractivity contribution in [2.75, 3.05) is 6.61 Å². The summed E-state index contributed by atoms with van der Waals surface area (Å²) in [6.07, 6.45) is 0.422. The van der Waals surface area contributed by atoms with Crippen LogP contribution in [0.2, 0.25) is 0 Å². The van der Waals surface area contributed by atoms with Gasteiger partial charge in [0.05, 0.1) is 13.0 Å². The van der Waals surface area contributed by atoms with Gasteiger partial charge in [-0.15, -0.1) is 0 Å². The van der Waals surface area contributed by atoms with E-state index in [1.807, 2.05) is 6.92 Å². The number of hydrogen-bond acceptors (Lipinski definition) is 3. The molecule has 0 saturated carbocycles. The minimum absolute atomic E-state index is 0.450. The van der Waals surface area contributed by atoms with Crippen molar-refractivity contribution in [2.24, 2.45) is 0 Å². The third-order valence-corrected chi connectivity index (χ3v) is 2.94. The Hall–Kier alpha value is -2.04. The first kappa shape index (κ1) is 15.0. The summed E-state index contributed by atoms with van der Waals surface area (Å²) in [5.74, 6) is -1.65. The van der Waals surface area contributed by atoms with Gasteiger partial charge in [0, 0.05) is 0 Å². The van der Waals surface area contributed by atoms with Crippen LogP contribution in [-0.4, -0.2) is 28.8 Å². The highest BCUT2D eigenvalue weighted by molar-refractivity contribution is 5.86. The van der Waals surface area contributed by atoms with Crippen molar-refractivity contribution in [1.29, 1.82) is 0 Å². The van der Waals surface area contributed by atoms with Gasteiger partial charge in [-0.25, -0.2) is 0 Å². The van der Waals surface area contributed by atoms with Crippen molar-refractivity contribution in [1.82, 2.24) is 0 Å². The monoisotopic (exact) mass is 266 g/mol. The Labute approximate surface area is 111 Å². The van der Waals surface area contributed by atoms with Crippen molar-refractivity contribution in [3.63, 3.8) is 0 Å². The van der Waals surface area contributed by atoms with E-state index >= 15 is 0 Å². The summed E-state index contributed by atoms with van der Waals surface area (Å²) in [5.41, 5.74) is -0.985. The third-order valence-electron chi connectivity index (χ3n) is 2.94. The zero-order chi connectivity index (χ0) is 14.5. The van der Waals surface area contributed by atoms with Crippen LogP contribution in [0, 0.1) is 0 Å². The molecule has 1 atom stereocenters. The van der Waals surface area contributed by atoms with Crippen LogP contribution in [0.4, 0.5) is 0 Å². The second-order valence-corrected chi connectivity index (χ2v) is 4.58. The maximum Gasteiger partial charge on any atom is 0.314 e. The fourth-order valence-corrected chi connectivity index (χ4v) is 1.74. The van der Waals surface area contributed by atoms with E-state index in [9.17, 15) is 14.7 Å². The number of carboxylic acids is 2. The van der Waals surface area contributed by atoms with Gasteiger partial charge in [0.15, 0.2) is 0 Å². The number of carboxylic acid groups (broad SMARTS) is 2. The van der Waals surface area contributed by atoms with Crippen LogP contribution < -0.4 is 4.74 Å². The minimum Gasteiger partial charge on any atom is -0.494 e. The van der Waals surface area contributed by atoms with Gasteiger partial charge in [0.25, 0.3) is 0 Å². The van der Waals surface area contributed by atoms with Crippen molar-refractivity contribution in [3.05, 3.63) is 29.8 Å². The lowest BCUT2D eigenvalue weighted by atomic mass is 9.79.